The van der Waals surface area contributed by atoms with Crippen molar-refractivity contribution in [3.05, 3.63) is 0 Å². The molecule has 0 aromatic carbocycles. The first-order valence-corrected chi connectivity index (χ1v) is 7.15. The maximum absolute atomic E-state index is 6.20. The largest absolute Gasteiger partial charge is 0.381 e. The summed E-state index contributed by atoms with van der Waals surface area (Å²) in [6, 6.07) is 0. The summed E-state index contributed by atoms with van der Waals surface area (Å²) in [6.45, 7) is 1.76. The van der Waals surface area contributed by atoms with Crippen molar-refractivity contribution in [1.29, 1.82) is 0 Å². The van der Waals surface area contributed by atoms with Crippen molar-refractivity contribution in [2.24, 2.45) is 0 Å². The minimum absolute atomic E-state index is 0.440. The second-order valence-electron chi connectivity index (χ2n) is 4.64. The number of alkyl halides is 1. The highest BCUT2D eigenvalue weighted by Crippen LogP contribution is 2.28. The molecule has 1 aliphatic heterocycles. The van der Waals surface area contributed by atoms with Gasteiger partial charge in [0, 0.05) is 18.0 Å². The van der Waals surface area contributed by atoms with Gasteiger partial charge in [-0.2, -0.15) is 0 Å². The van der Waals surface area contributed by atoms with Crippen molar-refractivity contribution >= 4 is 15.9 Å². The van der Waals surface area contributed by atoms with Gasteiger partial charge in [-0.05, 0) is 25.7 Å². The minimum atomic E-state index is 0.440. The van der Waals surface area contributed by atoms with Crippen molar-refractivity contribution in [3.8, 4) is 0 Å². The zero-order chi connectivity index (χ0) is 10.5. The summed E-state index contributed by atoms with van der Waals surface area (Å²) >= 11 is 3.78. The van der Waals surface area contributed by atoms with Crippen molar-refractivity contribution in [2.45, 2.75) is 62.0 Å². The second-order valence-corrected chi connectivity index (χ2v) is 5.82. The van der Waals surface area contributed by atoms with Crippen molar-refractivity contribution in [3.63, 3.8) is 0 Å². The van der Waals surface area contributed by atoms with E-state index in [1.54, 1.807) is 0 Å². The molecule has 88 valence electrons. The van der Waals surface area contributed by atoms with Crippen LogP contribution in [-0.2, 0) is 9.47 Å². The van der Waals surface area contributed by atoms with E-state index in [1.165, 1.54) is 32.1 Å². The maximum atomic E-state index is 6.20. The molecule has 2 aliphatic rings. The average Bonchev–Trinajstić information content (AvgIpc) is 2.46. The van der Waals surface area contributed by atoms with Crippen LogP contribution in [0.25, 0.3) is 0 Å². The van der Waals surface area contributed by atoms with Crippen LogP contribution in [0.4, 0.5) is 0 Å². The Hall–Kier alpha value is 0.400. The van der Waals surface area contributed by atoms with Crippen LogP contribution in [-0.4, -0.2) is 30.2 Å². The van der Waals surface area contributed by atoms with E-state index in [0.29, 0.717) is 17.0 Å². The summed E-state index contributed by atoms with van der Waals surface area (Å²) in [5, 5.41) is 0. The molecule has 2 nitrogen and oxygen atoms in total. The van der Waals surface area contributed by atoms with E-state index in [9.17, 15) is 0 Å². The Balaban J connectivity index is 1.79. The third-order valence-corrected chi connectivity index (χ3v) is 4.46. The third-order valence-electron chi connectivity index (χ3n) is 3.41. The van der Waals surface area contributed by atoms with Crippen LogP contribution < -0.4 is 0 Å². The Morgan fingerprint density at radius 3 is 2.47 bits per heavy atom. The fourth-order valence-electron chi connectivity index (χ4n) is 2.44. The van der Waals surface area contributed by atoms with Crippen LogP contribution in [0.3, 0.4) is 0 Å². The number of halogens is 1. The van der Waals surface area contributed by atoms with Gasteiger partial charge in [0.25, 0.3) is 0 Å². The number of rotatable bonds is 2. The first-order valence-electron chi connectivity index (χ1n) is 6.23. The first-order chi connectivity index (χ1) is 7.36. The summed E-state index contributed by atoms with van der Waals surface area (Å²) in [4.78, 5) is 0.572. The molecule has 2 atom stereocenters. The normalized spacial score (nSPS) is 35.0. The molecule has 1 aliphatic carbocycles. The van der Waals surface area contributed by atoms with E-state index in [-0.39, 0.29) is 0 Å². The Morgan fingerprint density at radius 2 is 1.67 bits per heavy atom. The molecule has 1 saturated heterocycles. The lowest BCUT2D eigenvalue weighted by Crippen LogP contribution is -2.32. The summed E-state index contributed by atoms with van der Waals surface area (Å²) in [7, 11) is 0. The Labute approximate surface area is 101 Å². The molecule has 0 N–H and O–H groups in total. The highest BCUT2D eigenvalue weighted by molar-refractivity contribution is 9.09. The van der Waals surface area contributed by atoms with Gasteiger partial charge in [0.15, 0.2) is 0 Å². The topological polar surface area (TPSA) is 18.5 Å². The summed E-state index contributed by atoms with van der Waals surface area (Å²) in [5.41, 5.74) is 0. The molecule has 0 amide bonds. The van der Waals surface area contributed by atoms with E-state index >= 15 is 0 Å². The van der Waals surface area contributed by atoms with Gasteiger partial charge in [-0.15, -0.1) is 0 Å². The SMILES string of the molecule is BrC1CCCCCC1OC1CCOCC1. The molecule has 0 aromatic heterocycles. The van der Waals surface area contributed by atoms with Gasteiger partial charge in [-0.25, -0.2) is 0 Å². The van der Waals surface area contributed by atoms with Gasteiger partial charge < -0.3 is 9.47 Å². The Bertz CT molecular complexity index is 180. The van der Waals surface area contributed by atoms with Crippen molar-refractivity contribution < 1.29 is 9.47 Å². The molecule has 3 heteroatoms. The highest BCUT2D eigenvalue weighted by Gasteiger charge is 2.26. The fourth-order valence-corrected chi connectivity index (χ4v) is 3.15. The number of hydrogen-bond donors (Lipinski definition) is 0. The summed E-state index contributed by atoms with van der Waals surface area (Å²) in [6.07, 6.45) is 9.60. The Kier molecular flexibility index (Phi) is 4.92. The minimum Gasteiger partial charge on any atom is -0.381 e. The smallest absolute Gasteiger partial charge is 0.0703 e. The maximum Gasteiger partial charge on any atom is 0.0703 e. The van der Waals surface area contributed by atoms with Crippen LogP contribution in [0.1, 0.15) is 44.9 Å². The Morgan fingerprint density at radius 1 is 0.933 bits per heavy atom. The van der Waals surface area contributed by atoms with Crippen LogP contribution >= 0.6 is 15.9 Å². The van der Waals surface area contributed by atoms with E-state index in [0.717, 1.165) is 26.1 Å². The molecule has 0 bridgehead atoms. The summed E-state index contributed by atoms with van der Waals surface area (Å²) in [5.74, 6) is 0. The molecule has 0 spiro atoms. The zero-order valence-corrected chi connectivity index (χ0v) is 10.9. The van der Waals surface area contributed by atoms with E-state index in [4.69, 9.17) is 9.47 Å². The van der Waals surface area contributed by atoms with Gasteiger partial charge in [0.2, 0.25) is 0 Å². The lowest BCUT2D eigenvalue weighted by Gasteiger charge is -2.29. The van der Waals surface area contributed by atoms with E-state index in [2.05, 4.69) is 15.9 Å². The van der Waals surface area contributed by atoms with E-state index < -0.39 is 0 Å². The fraction of sp³-hybridized carbons (Fsp3) is 1.00. The monoisotopic (exact) mass is 276 g/mol. The van der Waals surface area contributed by atoms with Gasteiger partial charge in [-0.3, -0.25) is 0 Å². The quantitative estimate of drug-likeness (QED) is 0.569. The van der Waals surface area contributed by atoms with Gasteiger partial charge in [0.1, 0.15) is 0 Å². The molecule has 1 saturated carbocycles. The van der Waals surface area contributed by atoms with Crippen LogP contribution in [0, 0.1) is 0 Å². The van der Waals surface area contributed by atoms with Crippen LogP contribution in [0.2, 0.25) is 0 Å². The lowest BCUT2D eigenvalue weighted by molar-refractivity contribution is -0.0694. The molecule has 15 heavy (non-hydrogen) atoms. The van der Waals surface area contributed by atoms with Gasteiger partial charge in [-0.1, -0.05) is 35.2 Å². The molecular weight excluding hydrogens is 256 g/mol. The van der Waals surface area contributed by atoms with Gasteiger partial charge in [0.05, 0.1) is 12.2 Å². The molecular formula is C12H21BrO2. The molecule has 2 fully saturated rings. The first kappa shape index (κ1) is 11.9. The number of ether oxygens (including phenoxy) is 2. The summed E-state index contributed by atoms with van der Waals surface area (Å²) < 4.78 is 11.5. The molecule has 2 rings (SSSR count). The zero-order valence-electron chi connectivity index (χ0n) is 9.29. The average molecular weight is 277 g/mol. The second kappa shape index (κ2) is 6.21. The van der Waals surface area contributed by atoms with E-state index in [1.807, 2.05) is 0 Å². The lowest BCUT2D eigenvalue weighted by atomic mass is 10.1. The predicted molar refractivity (Wildman–Crippen MR) is 64.5 cm³/mol. The predicted octanol–water partition coefficient (Wildman–Crippen LogP) is 3.28. The highest BCUT2D eigenvalue weighted by atomic mass is 79.9. The standard InChI is InChI=1S/C12H21BrO2/c13-11-4-2-1-3-5-12(11)15-10-6-8-14-9-7-10/h10-12H,1-9H2. The van der Waals surface area contributed by atoms with Crippen molar-refractivity contribution in [2.75, 3.05) is 13.2 Å². The third kappa shape index (κ3) is 3.72. The van der Waals surface area contributed by atoms with Crippen LogP contribution in [0.15, 0.2) is 0 Å². The molecule has 2 unspecified atom stereocenters. The van der Waals surface area contributed by atoms with Crippen LogP contribution in [0.5, 0.6) is 0 Å². The molecule has 0 aromatic rings. The van der Waals surface area contributed by atoms with Crippen molar-refractivity contribution in [1.82, 2.24) is 0 Å². The molecule has 1 heterocycles. The number of hydrogen-bond acceptors (Lipinski definition) is 2. The molecule has 0 radical (unpaired) electrons. The van der Waals surface area contributed by atoms with Gasteiger partial charge >= 0.3 is 0 Å².